The molecule has 3 rings (SSSR count). The number of nitrogens with one attached hydrogen (secondary N) is 1. The van der Waals surface area contributed by atoms with Crippen LogP contribution in [0.2, 0.25) is 0 Å². The van der Waals surface area contributed by atoms with Crippen LogP contribution < -0.4 is 10.1 Å². The van der Waals surface area contributed by atoms with Crippen LogP contribution >= 0.6 is 0 Å². The Bertz CT molecular complexity index is 885. The maximum atomic E-state index is 13.1. The van der Waals surface area contributed by atoms with Gasteiger partial charge >= 0.3 is 0 Å². The van der Waals surface area contributed by atoms with Gasteiger partial charge in [-0.05, 0) is 47.9 Å². The molecule has 1 aromatic heterocycles. The van der Waals surface area contributed by atoms with Gasteiger partial charge in [0.1, 0.15) is 11.6 Å². The van der Waals surface area contributed by atoms with E-state index in [9.17, 15) is 9.18 Å². The number of halogens is 1. The Kier molecular flexibility index (Phi) is 5.03. The summed E-state index contributed by atoms with van der Waals surface area (Å²) in [6, 6.07) is 12.5. The van der Waals surface area contributed by atoms with Gasteiger partial charge in [-0.2, -0.15) is 0 Å². The van der Waals surface area contributed by atoms with Gasteiger partial charge in [-0.15, -0.1) is 0 Å². The first kappa shape index (κ1) is 17.0. The van der Waals surface area contributed by atoms with E-state index in [1.54, 1.807) is 19.2 Å². The van der Waals surface area contributed by atoms with E-state index in [-0.39, 0.29) is 11.7 Å². The topological polar surface area (TPSA) is 43.3 Å². The molecule has 0 aliphatic carbocycles. The van der Waals surface area contributed by atoms with Crippen molar-refractivity contribution in [3.8, 4) is 5.75 Å². The molecule has 0 fully saturated rings. The second-order valence-corrected chi connectivity index (χ2v) is 6.02. The number of carbonyl (C=O) groups is 1. The predicted molar refractivity (Wildman–Crippen MR) is 96.4 cm³/mol. The van der Waals surface area contributed by atoms with Gasteiger partial charge in [0.15, 0.2) is 0 Å². The van der Waals surface area contributed by atoms with E-state index >= 15 is 0 Å². The molecule has 0 bridgehead atoms. The summed E-state index contributed by atoms with van der Waals surface area (Å²) in [4.78, 5) is 11.1. The van der Waals surface area contributed by atoms with Crippen molar-refractivity contribution in [2.75, 3.05) is 13.7 Å². The lowest BCUT2D eigenvalue weighted by molar-refractivity contribution is -0.118. The van der Waals surface area contributed by atoms with Crippen molar-refractivity contribution in [2.24, 2.45) is 0 Å². The lowest BCUT2D eigenvalue weighted by atomic mass is 10.1. The van der Waals surface area contributed by atoms with Crippen LogP contribution in [0.5, 0.6) is 5.75 Å². The van der Waals surface area contributed by atoms with Crippen molar-refractivity contribution in [3.05, 3.63) is 65.6 Å². The third-order valence-electron chi connectivity index (χ3n) is 4.21. The molecular weight excluding hydrogens is 319 g/mol. The monoisotopic (exact) mass is 340 g/mol. The normalized spacial score (nSPS) is 10.8. The zero-order valence-corrected chi connectivity index (χ0v) is 14.4. The van der Waals surface area contributed by atoms with Crippen LogP contribution in [-0.4, -0.2) is 24.1 Å². The molecule has 0 aliphatic rings. The molecule has 5 heteroatoms. The van der Waals surface area contributed by atoms with E-state index < -0.39 is 0 Å². The highest BCUT2D eigenvalue weighted by Crippen LogP contribution is 2.27. The summed E-state index contributed by atoms with van der Waals surface area (Å²) < 4.78 is 20.6. The van der Waals surface area contributed by atoms with Crippen LogP contribution in [0.4, 0.5) is 4.39 Å². The van der Waals surface area contributed by atoms with Gasteiger partial charge in [0.05, 0.1) is 7.11 Å². The van der Waals surface area contributed by atoms with Crippen molar-refractivity contribution in [3.63, 3.8) is 0 Å². The van der Waals surface area contributed by atoms with Gasteiger partial charge < -0.3 is 14.6 Å². The molecule has 1 amide bonds. The molecule has 0 aliphatic heterocycles. The van der Waals surface area contributed by atoms with Crippen LogP contribution in [0, 0.1) is 5.82 Å². The minimum absolute atomic E-state index is 0.0346. The van der Waals surface area contributed by atoms with E-state index in [0.717, 1.165) is 34.2 Å². The maximum absolute atomic E-state index is 13.1. The molecular formula is C20H21FN2O2. The summed E-state index contributed by atoms with van der Waals surface area (Å²) in [7, 11) is 1.65. The second kappa shape index (κ2) is 7.38. The van der Waals surface area contributed by atoms with E-state index in [4.69, 9.17) is 4.74 Å². The molecule has 130 valence electrons. The zero-order valence-electron chi connectivity index (χ0n) is 14.4. The summed E-state index contributed by atoms with van der Waals surface area (Å²) in [5.74, 6) is 0.530. The number of methoxy groups -OCH3 is 1. The number of fused-ring (bicyclic) bond motifs is 1. The lowest BCUT2D eigenvalue weighted by Crippen LogP contribution is -2.22. The Labute approximate surface area is 146 Å². The molecule has 0 saturated carbocycles. The highest BCUT2D eigenvalue weighted by Gasteiger charge is 2.10. The van der Waals surface area contributed by atoms with Gasteiger partial charge in [0.2, 0.25) is 5.91 Å². The standard InChI is InChI=1S/C20H21FN2O2/c1-14(24)22-10-9-16-13-23(12-15-3-5-17(21)6-4-15)20-8-7-18(25-2)11-19(16)20/h3-8,11,13H,9-10,12H2,1-2H3,(H,22,24). The average molecular weight is 340 g/mol. The van der Waals surface area contributed by atoms with Crippen LogP contribution in [0.25, 0.3) is 10.9 Å². The van der Waals surface area contributed by atoms with Crippen molar-refractivity contribution in [2.45, 2.75) is 19.9 Å². The molecule has 4 nitrogen and oxygen atoms in total. The summed E-state index contributed by atoms with van der Waals surface area (Å²) >= 11 is 0. The first-order valence-corrected chi connectivity index (χ1v) is 8.21. The predicted octanol–water partition coefficient (Wildman–Crippen LogP) is 3.52. The molecule has 0 spiro atoms. The molecule has 25 heavy (non-hydrogen) atoms. The molecule has 1 N–H and O–H groups in total. The number of hydrogen-bond donors (Lipinski definition) is 1. The molecule has 3 aromatic rings. The molecule has 0 saturated heterocycles. The zero-order chi connectivity index (χ0) is 17.8. The third kappa shape index (κ3) is 3.99. The molecule has 0 unspecified atom stereocenters. The number of rotatable bonds is 6. The quantitative estimate of drug-likeness (QED) is 0.746. The second-order valence-electron chi connectivity index (χ2n) is 6.02. The third-order valence-corrected chi connectivity index (χ3v) is 4.21. The fourth-order valence-corrected chi connectivity index (χ4v) is 2.97. The van der Waals surface area contributed by atoms with Crippen LogP contribution in [-0.2, 0) is 17.8 Å². The van der Waals surface area contributed by atoms with E-state index in [0.29, 0.717) is 13.1 Å². The van der Waals surface area contributed by atoms with Crippen molar-refractivity contribution in [1.82, 2.24) is 9.88 Å². The fraction of sp³-hybridized carbons (Fsp3) is 0.250. The molecule has 1 heterocycles. The fourth-order valence-electron chi connectivity index (χ4n) is 2.97. The van der Waals surface area contributed by atoms with E-state index in [2.05, 4.69) is 16.1 Å². The van der Waals surface area contributed by atoms with E-state index in [1.165, 1.54) is 19.1 Å². The summed E-state index contributed by atoms with van der Waals surface area (Å²) in [6.07, 6.45) is 2.83. The van der Waals surface area contributed by atoms with Crippen molar-refractivity contribution in [1.29, 1.82) is 0 Å². The highest BCUT2D eigenvalue weighted by molar-refractivity contribution is 5.85. The minimum atomic E-state index is -0.234. The summed E-state index contributed by atoms with van der Waals surface area (Å²) in [5.41, 5.74) is 3.26. The lowest BCUT2D eigenvalue weighted by Gasteiger charge is -2.06. The largest absolute Gasteiger partial charge is 0.497 e. The minimum Gasteiger partial charge on any atom is -0.497 e. The Morgan fingerprint density at radius 2 is 1.96 bits per heavy atom. The number of carbonyl (C=O) groups excluding carboxylic acids is 1. The maximum Gasteiger partial charge on any atom is 0.216 e. The number of nitrogens with zero attached hydrogens (tertiary/aromatic N) is 1. The Hall–Kier alpha value is -2.82. The highest BCUT2D eigenvalue weighted by atomic mass is 19.1. The smallest absolute Gasteiger partial charge is 0.216 e. The molecule has 2 aromatic carbocycles. The first-order chi connectivity index (χ1) is 12.1. The summed E-state index contributed by atoms with van der Waals surface area (Å²) in [6.45, 7) is 2.76. The number of amides is 1. The SMILES string of the molecule is COc1ccc2c(c1)c(CCNC(C)=O)cn2Cc1ccc(F)cc1. The molecule has 0 atom stereocenters. The average Bonchev–Trinajstić information content (AvgIpc) is 2.93. The number of aromatic nitrogens is 1. The van der Waals surface area contributed by atoms with Gasteiger partial charge in [-0.3, -0.25) is 4.79 Å². The van der Waals surface area contributed by atoms with Gasteiger partial charge in [0, 0.05) is 37.1 Å². The van der Waals surface area contributed by atoms with Crippen molar-refractivity contribution >= 4 is 16.8 Å². The Balaban J connectivity index is 1.94. The summed E-state index contributed by atoms with van der Waals surface area (Å²) in [5, 5.41) is 3.93. The van der Waals surface area contributed by atoms with Crippen LogP contribution in [0.3, 0.4) is 0 Å². The Morgan fingerprint density at radius 3 is 2.64 bits per heavy atom. The Morgan fingerprint density at radius 1 is 1.20 bits per heavy atom. The van der Waals surface area contributed by atoms with Crippen LogP contribution in [0.1, 0.15) is 18.1 Å². The van der Waals surface area contributed by atoms with Crippen molar-refractivity contribution < 1.29 is 13.9 Å². The number of hydrogen-bond acceptors (Lipinski definition) is 2. The van der Waals surface area contributed by atoms with Gasteiger partial charge in [-0.25, -0.2) is 4.39 Å². The first-order valence-electron chi connectivity index (χ1n) is 8.21. The van der Waals surface area contributed by atoms with Gasteiger partial charge in [-0.1, -0.05) is 12.1 Å². The number of benzene rings is 2. The van der Waals surface area contributed by atoms with Gasteiger partial charge in [0.25, 0.3) is 0 Å². The van der Waals surface area contributed by atoms with Crippen LogP contribution in [0.15, 0.2) is 48.7 Å². The van der Waals surface area contributed by atoms with E-state index in [1.807, 2.05) is 18.2 Å². The molecule has 0 radical (unpaired) electrons. The number of ether oxygens (including phenoxy) is 1.